The standard InChI is InChI=1S/C25H28F3N3O3/c26-25(27,28)34-21-10-8-19(9-11-21)17-31-15-12-20(13-16-31)24(22(32)29-23(33)30-24)14-4-7-18-5-2-1-3-6-18/h1-3,5-6,8-11,20H,4,7,12-17H2,(H2,29,30,32,33). The van der Waals surface area contributed by atoms with Crippen molar-refractivity contribution < 1.29 is 27.5 Å². The number of hydrogen-bond donors (Lipinski definition) is 2. The SMILES string of the molecule is O=C1NC(=O)C(CCCc2ccccc2)(C2CCN(Cc3ccc(OC(F)(F)F)cc3)CC2)N1. The molecule has 2 aromatic rings. The number of hydrogen-bond acceptors (Lipinski definition) is 4. The van der Waals surface area contributed by atoms with Crippen molar-refractivity contribution in [3.8, 4) is 5.75 Å². The molecule has 0 bridgehead atoms. The molecule has 2 heterocycles. The maximum atomic E-state index is 12.9. The normalized spacial score (nSPS) is 21.9. The van der Waals surface area contributed by atoms with E-state index in [1.165, 1.54) is 17.7 Å². The molecule has 0 aromatic heterocycles. The monoisotopic (exact) mass is 475 g/mol. The van der Waals surface area contributed by atoms with Gasteiger partial charge >= 0.3 is 12.4 Å². The lowest BCUT2D eigenvalue weighted by Gasteiger charge is -2.40. The third-order valence-corrected chi connectivity index (χ3v) is 6.70. The summed E-state index contributed by atoms with van der Waals surface area (Å²) < 4.78 is 40.9. The van der Waals surface area contributed by atoms with Crippen LogP contribution in [0.4, 0.5) is 18.0 Å². The molecule has 0 radical (unpaired) electrons. The molecule has 1 unspecified atom stereocenters. The van der Waals surface area contributed by atoms with E-state index < -0.39 is 17.9 Å². The highest BCUT2D eigenvalue weighted by Gasteiger charge is 2.51. The minimum Gasteiger partial charge on any atom is -0.406 e. The third-order valence-electron chi connectivity index (χ3n) is 6.70. The zero-order valence-electron chi connectivity index (χ0n) is 18.7. The molecule has 4 rings (SSSR count). The van der Waals surface area contributed by atoms with Gasteiger partial charge in [0.15, 0.2) is 0 Å². The minimum absolute atomic E-state index is 0.0218. The number of ether oxygens (including phenoxy) is 1. The van der Waals surface area contributed by atoms with Crippen molar-refractivity contribution in [3.05, 3.63) is 65.7 Å². The average molecular weight is 476 g/mol. The van der Waals surface area contributed by atoms with Gasteiger partial charge in [0.1, 0.15) is 11.3 Å². The summed E-state index contributed by atoms with van der Waals surface area (Å²) in [4.78, 5) is 27.1. The molecule has 182 valence electrons. The Labute approximate surface area is 196 Å². The second-order valence-electron chi connectivity index (χ2n) is 8.96. The largest absolute Gasteiger partial charge is 0.573 e. The first kappa shape index (κ1) is 24.1. The molecular weight excluding hydrogens is 447 g/mol. The van der Waals surface area contributed by atoms with E-state index in [2.05, 4.69) is 32.4 Å². The minimum atomic E-state index is -4.71. The second-order valence-corrected chi connectivity index (χ2v) is 8.96. The predicted octanol–water partition coefficient (Wildman–Crippen LogP) is 4.40. The van der Waals surface area contributed by atoms with Crippen LogP contribution in [0.5, 0.6) is 5.75 Å². The molecule has 0 aliphatic carbocycles. The van der Waals surface area contributed by atoms with E-state index in [0.29, 0.717) is 13.0 Å². The number of carbonyl (C=O) groups is 2. The summed E-state index contributed by atoms with van der Waals surface area (Å²) >= 11 is 0. The van der Waals surface area contributed by atoms with Crippen molar-refractivity contribution in [2.45, 2.75) is 50.6 Å². The van der Waals surface area contributed by atoms with Crippen molar-refractivity contribution in [2.75, 3.05) is 13.1 Å². The Balaban J connectivity index is 1.33. The summed E-state index contributed by atoms with van der Waals surface area (Å²) in [5.74, 6) is -0.465. The van der Waals surface area contributed by atoms with E-state index >= 15 is 0 Å². The van der Waals surface area contributed by atoms with E-state index in [4.69, 9.17) is 0 Å². The summed E-state index contributed by atoms with van der Waals surface area (Å²) in [6.45, 7) is 2.06. The zero-order valence-corrected chi connectivity index (χ0v) is 18.7. The Hall–Kier alpha value is -3.07. The van der Waals surface area contributed by atoms with Gasteiger partial charge < -0.3 is 10.1 Å². The number of likely N-dealkylation sites (tertiary alicyclic amines) is 1. The van der Waals surface area contributed by atoms with Crippen LogP contribution in [0, 0.1) is 5.92 Å². The highest BCUT2D eigenvalue weighted by Crippen LogP contribution is 2.35. The molecule has 2 aliphatic heterocycles. The summed E-state index contributed by atoms with van der Waals surface area (Å²) in [6.07, 6.45) is -1.03. The number of aryl methyl sites for hydroxylation is 1. The van der Waals surface area contributed by atoms with Gasteiger partial charge in [-0.05, 0) is 74.4 Å². The Morgan fingerprint density at radius 1 is 0.971 bits per heavy atom. The molecule has 2 aromatic carbocycles. The van der Waals surface area contributed by atoms with Gasteiger partial charge in [-0.25, -0.2) is 4.79 Å². The highest BCUT2D eigenvalue weighted by molar-refractivity contribution is 6.07. The van der Waals surface area contributed by atoms with Crippen LogP contribution in [0.15, 0.2) is 54.6 Å². The Kier molecular flexibility index (Phi) is 7.11. The first-order chi connectivity index (χ1) is 16.2. The van der Waals surface area contributed by atoms with Gasteiger partial charge in [-0.1, -0.05) is 42.5 Å². The molecule has 6 nitrogen and oxygen atoms in total. The van der Waals surface area contributed by atoms with E-state index in [1.807, 2.05) is 18.2 Å². The van der Waals surface area contributed by atoms with E-state index in [1.54, 1.807) is 12.1 Å². The summed E-state index contributed by atoms with van der Waals surface area (Å²) in [6, 6.07) is 15.5. The Morgan fingerprint density at radius 3 is 2.24 bits per heavy atom. The smallest absolute Gasteiger partial charge is 0.406 e. The van der Waals surface area contributed by atoms with E-state index in [9.17, 15) is 22.8 Å². The lowest BCUT2D eigenvalue weighted by molar-refractivity contribution is -0.274. The van der Waals surface area contributed by atoms with Crippen molar-refractivity contribution >= 4 is 11.9 Å². The van der Waals surface area contributed by atoms with Crippen LogP contribution < -0.4 is 15.4 Å². The quantitative estimate of drug-likeness (QED) is 0.556. The first-order valence-corrected chi connectivity index (χ1v) is 11.5. The molecule has 2 aliphatic rings. The van der Waals surface area contributed by atoms with Crippen molar-refractivity contribution in [3.63, 3.8) is 0 Å². The number of piperidine rings is 1. The number of nitrogens with one attached hydrogen (secondary N) is 2. The lowest BCUT2D eigenvalue weighted by Crippen LogP contribution is -2.56. The summed E-state index contributed by atoms with van der Waals surface area (Å²) in [7, 11) is 0. The molecule has 2 saturated heterocycles. The Morgan fingerprint density at radius 2 is 1.65 bits per heavy atom. The van der Waals surface area contributed by atoms with Crippen LogP contribution in [0.3, 0.4) is 0 Å². The number of carbonyl (C=O) groups excluding carboxylic acids is 2. The van der Waals surface area contributed by atoms with Gasteiger partial charge in [0.05, 0.1) is 0 Å². The fourth-order valence-electron chi connectivity index (χ4n) is 5.03. The molecular formula is C25H28F3N3O3. The van der Waals surface area contributed by atoms with Crippen LogP contribution in [0.25, 0.3) is 0 Å². The lowest BCUT2D eigenvalue weighted by atomic mass is 9.74. The maximum Gasteiger partial charge on any atom is 0.573 e. The second kappa shape index (κ2) is 10.0. The van der Waals surface area contributed by atoms with E-state index in [-0.39, 0.29) is 17.6 Å². The molecule has 1 atom stereocenters. The third kappa shape index (κ3) is 5.88. The van der Waals surface area contributed by atoms with Gasteiger partial charge in [0, 0.05) is 6.54 Å². The van der Waals surface area contributed by atoms with Crippen LogP contribution in [-0.2, 0) is 17.8 Å². The average Bonchev–Trinajstić information content (AvgIpc) is 3.09. The van der Waals surface area contributed by atoms with Crippen LogP contribution in [-0.4, -0.2) is 41.8 Å². The number of rotatable bonds is 8. The number of urea groups is 1. The first-order valence-electron chi connectivity index (χ1n) is 11.5. The maximum absolute atomic E-state index is 12.9. The van der Waals surface area contributed by atoms with Crippen molar-refractivity contribution in [1.82, 2.24) is 15.5 Å². The van der Waals surface area contributed by atoms with Gasteiger partial charge in [0.2, 0.25) is 0 Å². The number of alkyl halides is 3. The number of imide groups is 1. The van der Waals surface area contributed by atoms with Crippen molar-refractivity contribution in [1.29, 1.82) is 0 Å². The number of halogens is 3. The van der Waals surface area contributed by atoms with Crippen LogP contribution in [0.2, 0.25) is 0 Å². The topological polar surface area (TPSA) is 70.7 Å². The molecule has 0 spiro atoms. The van der Waals surface area contributed by atoms with Crippen molar-refractivity contribution in [2.24, 2.45) is 5.92 Å². The van der Waals surface area contributed by atoms with Gasteiger partial charge in [0.25, 0.3) is 5.91 Å². The molecule has 34 heavy (non-hydrogen) atoms. The predicted molar refractivity (Wildman–Crippen MR) is 120 cm³/mol. The van der Waals surface area contributed by atoms with Gasteiger partial charge in [-0.3, -0.25) is 15.0 Å². The van der Waals surface area contributed by atoms with E-state index in [0.717, 1.165) is 44.3 Å². The van der Waals surface area contributed by atoms with Gasteiger partial charge in [-0.2, -0.15) is 0 Å². The highest BCUT2D eigenvalue weighted by atomic mass is 19.4. The number of nitrogens with zero attached hydrogens (tertiary/aromatic N) is 1. The van der Waals surface area contributed by atoms with Crippen LogP contribution in [0.1, 0.15) is 36.8 Å². The van der Waals surface area contributed by atoms with Gasteiger partial charge in [-0.15, -0.1) is 13.2 Å². The van der Waals surface area contributed by atoms with Crippen LogP contribution >= 0.6 is 0 Å². The fraction of sp³-hybridized carbons (Fsp3) is 0.440. The molecule has 2 fully saturated rings. The summed E-state index contributed by atoms with van der Waals surface area (Å²) in [5.41, 5.74) is 1.19. The number of benzene rings is 2. The molecule has 2 N–H and O–H groups in total. The summed E-state index contributed by atoms with van der Waals surface area (Å²) in [5, 5.41) is 5.37. The zero-order chi connectivity index (χ0) is 24.2. The molecule has 3 amide bonds. The molecule has 9 heteroatoms. The Bertz CT molecular complexity index is 990. The molecule has 0 saturated carbocycles. The fourth-order valence-corrected chi connectivity index (χ4v) is 5.03. The number of amides is 3.